The van der Waals surface area contributed by atoms with E-state index in [-0.39, 0.29) is 33.5 Å². The minimum atomic E-state index is -1.00. The summed E-state index contributed by atoms with van der Waals surface area (Å²) in [6.45, 7) is 0. The molecule has 1 amide bonds. The van der Waals surface area contributed by atoms with Gasteiger partial charge in [-0.2, -0.15) is 4.68 Å². The lowest BCUT2D eigenvalue weighted by Crippen LogP contribution is -2.24. The molecule has 0 aliphatic rings. The van der Waals surface area contributed by atoms with Crippen molar-refractivity contribution in [2.45, 2.75) is 0 Å². The molecule has 2 aromatic carbocycles. The van der Waals surface area contributed by atoms with Crippen LogP contribution in [-0.4, -0.2) is 27.4 Å². The lowest BCUT2D eigenvalue weighted by molar-refractivity contribution is 0.102. The highest BCUT2D eigenvalue weighted by atomic mass is 35.5. The number of pyridine rings is 1. The summed E-state index contributed by atoms with van der Waals surface area (Å²) < 4.78 is 37.2. The number of ether oxygens (including phenoxy) is 1. The Morgan fingerprint density at radius 2 is 1.74 bits per heavy atom. The second kappa shape index (κ2) is 9.28. The highest BCUT2D eigenvalue weighted by Gasteiger charge is 2.28. The van der Waals surface area contributed by atoms with Gasteiger partial charge in [0.05, 0.1) is 17.7 Å². The highest BCUT2D eigenvalue weighted by molar-refractivity contribution is 6.32. The van der Waals surface area contributed by atoms with E-state index in [0.717, 1.165) is 16.8 Å². The van der Waals surface area contributed by atoms with Crippen molar-refractivity contribution in [1.29, 1.82) is 0 Å². The normalized spacial score (nSPS) is 10.9. The number of hydrogen-bond acceptors (Lipinski definition) is 4. The van der Waals surface area contributed by atoms with Crippen LogP contribution in [0.5, 0.6) is 5.75 Å². The zero-order chi connectivity index (χ0) is 24.6. The maximum atomic E-state index is 15.1. The Labute approximate surface area is 202 Å². The first-order valence-corrected chi connectivity index (χ1v) is 10.5. The maximum Gasteiger partial charge on any atom is 0.297 e. The van der Waals surface area contributed by atoms with E-state index in [1.54, 1.807) is 6.07 Å². The number of benzene rings is 2. The monoisotopic (exact) mass is 504 g/mol. The van der Waals surface area contributed by atoms with Gasteiger partial charge in [-0.3, -0.25) is 14.3 Å². The van der Waals surface area contributed by atoms with E-state index in [2.05, 4.69) is 10.3 Å². The van der Waals surface area contributed by atoms with Gasteiger partial charge in [0.15, 0.2) is 5.82 Å². The number of amides is 1. The molecule has 0 aliphatic heterocycles. The van der Waals surface area contributed by atoms with Crippen molar-refractivity contribution >= 4 is 34.8 Å². The second-order valence-electron chi connectivity index (χ2n) is 7.10. The fourth-order valence-electron chi connectivity index (χ4n) is 3.46. The van der Waals surface area contributed by atoms with E-state index >= 15 is 8.78 Å². The number of carbonyl (C=O) groups is 1. The maximum absolute atomic E-state index is 15.1. The number of nitrogens with one attached hydrogen (secondary N) is 1. The van der Waals surface area contributed by atoms with Gasteiger partial charge >= 0.3 is 0 Å². The van der Waals surface area contributed by atoms with Crippen molar-refractivity contribution < 1.29 is 18.3 Å². The van der Waals surface area contributed by atoms with Crippen LogP contribution < -0.4 is 15.6 Å². The summed E-state index contributed by atoms with van der Waals surface area (Å²) in [5, 5.41) is 3.00. The SMILES string of the molecule is COc1cc(F)c(-c2c(NC(=O)c3ccc(Cl)cc3)c(=O)n(-c3ncccc3Cl)n2C)c(F)c1. The van der Waals surface area contributed by atoms with Gasteiger partial charge < -0.3 is 10.1 Å². The Morgan fingerprint density at radius 3 is 2.32 bits per heavy atom. The van der Waals surface area contributed by atoms with Crippen LogP contribution in [0, 0.1) is 11.6 Å². The van der Waals surface area contributed by atoms with Gasteiger partial charge in [0, 0.05) is 36.0 Å². The number of methoxy groups -OCH3 is 1. The van der Waals surface area contributed by atoms with Gasteiger partial charge in [0.1, 0.15) is 28.8 Å². The predicted molar refractivity (Wildman–Crippen MR) is 125 cm³/mol. The molecule has 0 aliphatic carbocycles. The first kappa shape index (κ1) is 23.5. The van der Waals surface area contributed by atoms with Crippen molar-refractivity contribution in [3.8, 4) is 22.8 Å². The number of aromatic nitrogens is 3. The second-order valence-corrected chi connectivity index (χ2v) is 7.94. The van der Waals surface area contributed by atoms with Crippen molar-refractivity contribution in [2.75, 3.05) is 12.4 Å². The standard InChI is InChI=1S/C23H16Cl2F2N4O3/c1-30-20(18-16(26)10-14(34-2)11-17(18)27)19(29-22(32)12-5-7-13(24)8-6-12)23(33)31(30)21-15(25)4-3-9-28-21/h3-11H,1-2H3,(H,29,32). The van der Waals surface area contributed by atoms with Crippen LogP contribution in [0.1, 0.15) is 10.4 Å². The number of nitrogens with zero attached hydrogens (tertiary/aromatic N) is 3. The Kier molecular flexibility index (Phi) is 6.41. The third kappa shape index (κ3) is 4.15. The van der Waals surface area contributed by atoms with Crippen molar-refractivity contribution in [3.63, 3.8) is 0 Å². The van der Waals surface area contributed by atoms with Gasteiger partial charge in [0.2, 0.25) is 0 Å². The molecule has 0 radical (unpaired) electrons. The van der Waals surface area contributed by atoms with Crippen molar-refractivity contribution in [1.82, 2.24) is 14.3 Å². The molecule has 4 rings (SSSR count). The number of hydrogen-bond donors (Lipinski definition) is 1. The molecule has 2 heterocycles. The molecular weight excluding hydrogens is 489 g/mol. The summed E-state index contributed by atoms with van der Waals surface area (Å²) in [5.74, 6) is -2.73. The smallest absolute Gasteiger partial charge is 0.297 e. The van der Waals surface area contributed by atoms with Gasteiger partial charge in [0.25, 0.3) is 11.5 Å². The van der Waals surface area contributed by atoms with Crippen molar-refractivity contribution in [3.05, 3.63) is 92.3 Å². The molecule has 174 valence electrons. The first-order chi connectivity index (χ1) is 16.2. The van der Waals surface area contributed by atoms with Gasteiger partial charge in [-0.1, -0.05) is 23.2 Å². The lowest BCUT2D eigenvalue weighted by atomic mass is 10.1. The number of anilines is 1. The molecule has 0 fully saturated rings. The molecule has 0 bridgehead atoms. The number of halogens is 4. The fourth-order valence-corrected chi connectivity index (χ4v) is 3.78. The quantitative estimate of drug-likeness (QED) is 0.410. The molecule has 0 saturated heterocycles. The molecule has 0 spiro atoms. The summed E-state index contributed by atoms with van der Waals surface area (Å²) in [6, 6.07) is 10.9. The molecule has 0 atom stereocenters. The molecule has 34 heavy (non-hydrogen) atoms. The minimum Gasteiger partial charge on any atom is -0.497 e. The van der Waals surface area contributed by atoms with E-state index in [0.29, 0.717) is 5.02 Å². The van der Waals surface area contributed by atoms with E-state index in [4.69, 9.17) is 27.9 Å². The van der Waals surface area contributed by atoms with Crippen LogP contribution >= 0.6 is 23.2 Å². The topological polar surface area (TPSA) is 78.2 Å². The van der Waals surface area contributed by atoms with Crippen LogP contribution in [0.3, 0.4) is 0 Å². The molecule has 2 aromatic heterocycles. The average Bonchev–Trinajstić information content (AvgIpc) is 3.03. The Morgan fingerprint density at radius 1 is 1.09 bits per heavy atom. The molecule has 11 heteroatoms. The minimum absolute atomic E-state index is 0.0132. The number of rotatable bonds is 5. The van der Waals surface area contributed by atoms with Crippen LogP contribution in [0.4, 0.5) is 14.5 Å². The average molecular weight is 505 g/mol. The highest BCUT2D eigenvalue weighted by Crippen LogP contribution is 2.34. The van der Waals surface area contributed by atoms with E-state index in [1.165, 1.54) is 55.4 Å². The molecule has 1 N–H and O–H groups in total. The van der Waals surface area contributed by atoms with Gasteiger partial charge in [-0.25, -0.2) is 13.8 Å². The predicted octanol–water partition coefficient (Wildman–Crippen LogP) is 5.08. The van der Waals surface area contributed by atoms with Gasteiger partial charge in [-0.15, -0.1) is 0 Å². The Bertz CT molecular complexity index is 1440. The Hall–Kier alpha value is -3.69. The zero-order valence-corrected chi connectivity index (χ0v) is 19.3. The molecule has 4 aromatic rings. The Balaban J connectivity index is 1.97. The van der Waals surface area contributed by atoms with Crippen LogP contribution in [0.2, 0.25) is 10.0 Å². The summed E-state index contributed by atoms with van der Waals surface area (Å²) in [6.07, 6.45) is 1.40. The van der Waals surface area contributed by atoms with E-state index < -0.39 is 28.7 Å². The lowest BCUT2D eigenvalue weighted by Gasteiger charge is -2.13. The largest absolute Gasteiger partial charge is 0.497 e. The van der Waals surface area contributed by atoms with Crippen LogP contribution in [-0.2, 0) is 7.05 Å². The van der Waals surface area contributed by atoms with Crippen LogP contribution in [0.25, 0.3) is 17.1 Å². The van der Waals surface area contributed by atoms with E-state index in [1.807, 2.05) is 0 Å². The summed E-state index contributed by atoms with van der Waals surface area (Å²) in [7, 11) is 2.66. The first-order valence-electron chi connectivity index (χ1n) is 9.76. The van der Waals surface area contributed by atoms with Gasteiger partial charge in [-0.05, 0) is 36.4 Å². The third-order valence-electron chi connectivity index (χ3n) is 5.04. The van der Waals surface area contributed by atoms with Crippen molar-refractivity contribution in [2.24, 2.45) is 7.05 Å². The summed E-state index contributed by atoms with van der Waals surface area (Å²) >= 11 is 12.1. The zero-order valence-electron chi connectivity index (χ0n) is 17.8. The molecule has 7 nitrogen and oxygen atoms in total. The summed E-state index contributed by atoms with van der Waals surface area (Å²) in [5.41, 5.74) is -1.76. The number of carbonyl (C=O) groups excluding carboxylic acids is 1. The molecular formula is C23H16Cl2F2N4O3. The molecule has 0 saturated carbocycles. The van der Waals surface area contributed by atoms with E-state index in [9.17, 15) is 9.59 Å². The summed E-state index contributed by atoms with van der Waals surface area (Å²) in [4.78, 5) is 30.4. The fraction of sp³-hybridized carbons (Fsp3) is 0.0870. The van der Waals surface area contributed by atoms with Crippen LogP contribution in [0.15, 0.2) is 59.5 Å². The third-order valence-corrected chi connectivity index (χ3v) is 5.59. The molecule has 0 unspecified atom stereocenters.